The van der Waals surface area contributed by atoms with Gasteiger partial charge in [0.05, 0.1) is 16.5 Å². The summed E-state index contributed by atoms with van der Waals surface area (Å²) in [5.74, 6) is 1.10. The second-order valence-electron chi connectivity index (χ2n) is 6.61. The van der Waals surface area contributed by atoms with E-state index >= 15 is 0 Å². The average Bonchev–Trinajstić information content (AvgIpc) is 2.50. The number of nitrogens with one attached hydrogen (secondary N) is 1. The Morgan fingerprint density at radius 3 is 2.33 bits per heavy atom. The molecule has 128 valence electrons. The molecule has 0 heterocycles. The van der Waals surface area contributed by atoms with Crippen LogP contribution < -0.4 is 5.32 Å². The molecule has 0 fully saturated rings. The zero-order valence-corrected chi connectivity index (χ0v) is 16.4. The molecule has 0 saturated heterocycles. The second-order valence-corrected chi connectivity index (χ2v) is 8.44. The van der Waals surface area contributed by atoms with Crippen LogP contribution in [0, 0.1) is 0 Å². The number of thioether (sulfide) groups is 1. The molecule has 0 unspecified atom stereocenters. The summed E-state index contributed by atoms with van der Waals surface area (Å²) in [7, 11) is 0. The molecule has 1 amide bonds. The van der Waals surface area contributed by atoms with Gasteiger partial charge in [0, 0.05) is 10.8 Å². The van der Waals surface area contributed by atoms with Crippen molar-refractivity contribution in [1.29, 1.82) is 0 Å². The Kier molecular flexibility index (Phi) is 6.62. The Balaban J connectivity index is 1.82. The molecule has 0 saturated carbocycles. The van der Waals surface area contributed by atoms with E-state index in [1.807, 2.05) is 0 Å². The third-order valence-electron chi connectivity index (χ3n) is 3.53. The third-order valence-corrected chi connectivity index (χ3v) is 5.08. The third kappa shape index (κ3) is 5.73. The minimum absolute atomic E-state index is 0.0736. The Labute approximate surface area is 157 Å². The molecule has 1 N–H and O–H groups in total. The number of anilines is 1. The van der Waals surface area contributed by atoms with Gasteiger partial charge in [-0.25, -0.2) is 0 Å². The van der Waals surface area contributed by atoms with Gasteiger partial charge in [-0.1, -0.05) is 68.2 Å². The van der Waals surface area contributed by atoms with Crippen molar-refractivity contribution in [3.8, 4) is 0 Å². The molecule has 0 atom stereocenters. The van der Waals surface area contributed by atoms with Gasteiger partial charge < -0.3 is 5.32 Å². The SMILES string of the molecule is CC(C)(C)c1ccc(CSCC(=O)Nc2ccc(Cl)cc2Cl)cc1. The first-order chi connectivity index (χ1) is 11.3. The average molecular weight is 382 g/mol. The van der Waals surface area contributed by atoms with Crippen LogP contribution in [0.15, 0.2) is 42.5 Å². The zero-order valence-electron chi connectivity index (χ0n) is 14.0. The number of amides is 1. The van der Waals surface area contributed by atoms with E-state index in [1.165, 1.54) is 11.1 Å². The summed E-state index contributed by atoms with van der Waals surface area (Å²) in [6.07, 6.45) is 0. The van der Waals surface area contributed by atoms with E-state index in [9.17, 15) is 4.79 Å². The molecule has 2 rings (SSSR count). The number of hydrogen-bond donors (Lipinski definition) is 1. The number of rotatable bonds is 5. The highest BCUT2D eigenvalue weighted by molar-refractivity contribution is 7.99. The molecule has 0 spiro atoms. The smallest absolute Gasteiger partial charge is 0.234 e. The van der Waals surface area contributed by atoms with E-state index in [1.54, 1.807) is 30.0 Å². The molecule has 0 aliphatic carbocycles. The van der Waals surface area contributed by atoms with Crippen LogP contribution in [0.1, 0.15) is 31.9 Å². The van der Waals surface area contributed by atoms with Crippen molar-refractivity contribution >= 4 is 46.6 Å². The summed E-state index contributed by atoms with van der Waals surface area (Å²) < 4.78 is 0. The fourth-order valence-corrected chi connectivity index (χ4v) is 3.38. The number of carbonyl (C=O) groups is 1. The van der Waals surface area contributed by atoms with Gasteiger partial charge in [-0.3, -0.25) is 4.79 Å². The quantitative estimate of drug-likeness (QED) is 0.671. The minimum Gasteiger partial charge on any atom is -0.324 e. The van der Waals surface area contributed by atoms with E-state index in [4.69, 9.17) is 23.2 Å². The summed E-state index contributed by atoms with van der Waals surface area (Å²) in [4.78, 5) is 12.0. The second kappa shape index (κ2) is 8.28. The normalized spacial score (nSPS) is 11.4. The highest BCUT2D eigenvalue weighted by atomic mass is 35.5. The fraction of sp³-hybridized carbons (Fsp3) is 0.316. The largest absolute Gasteiger partial charge is 0.324 e. The molecule has 0 aliphatic rings. The van der Waals surface area contributed by atoms with Gasteiger partial charge in [-0.2, -0.15) is 0 Å². The minimum atomic E-state index is -0.0736. The van der Waals surface area contributed by atoms with Crippen LogP contribution in [0.5, 0.6) is 0 Å². The van der Waals surface area contributed by atoms with Gasteiger partial charge in [0.25, 0.3) is 0 Å². The first-order valence-electron chi connectivity index (χ1n) is 7.68. The van der Waals surface area contributed by atoms with Crippen molar-refractivity contribution in [3.05, 3.63) is 63.6 Å². The van der Waals surface area contributed by atoms with Crippen molar-refractivity contribution in [2.24, 2.45) is 0 Å². The molecule has 2 nitrogen and oxygen atoms in total. The van der Waals surface area contributed by atoms with Gasteiger partial charge in [0.15, 0.2) is 0 Å². The maximum atomic E-state index is 12.0. The lowest BCUT2D eigenvalue weighted by molar-refractivity contribution is -0.113. The lowest BCUT2D eigenvalue weighted by atomic mass is 9.87. The number of halogens is 2. The Morgan fingerprint density at radius 1 is 1.08 bits per heavy atom. The highest BCUT2D eigenvalue weighted by Gasteiger charge is 2.13. The van der Waals surface area contributed by atoms with Gasteiger partial charge in [-0.05, 0) is 34.7 Å². The van der Waals surface area contributed by atoms with Crippen LogP contribution in [0.25, 0.3) is 0 Å². The number of benzene rings is 2. The molecule has 0 aliphatic heterocycles. The topological polar surface area (TPSA) is 29.1 Å². The van der Waals surface area contributed by atoms with Crippen LogP contribution in [0.3, 0.4) is 0 Å². The first-order valence-corrected chi connectivity index (χ1v) is 9.59. The highest BCUT2D eigenvalue weighted by Crippen LogP contribution is 2.26. The molecule has 0 radical (unpaired) electrons. The molecule has 2 aromatic carbocycles. The maximum absolute atomic E-state index is 12.0. The van der Waals surface area contributed by atoms with E-state index in [2.05, 4.69) is 50.4 Å². The van der Waals surface area contributed by atoms with Crippen molar-refractivity contribution in [3.63, 3.8) is 0 Å². The summed E-state index contributed by atoms with van der Waals surface area (Å²) in [5.41, 5.74) is 3.27. The summed E-state index contributed by atoms with van der Waals surface area (Å²) in [5, 5.41) is 3.79. The van der Waals surface area contributed by atoms with Gasteiger partial charge in [0.2, 0.25) is 5.91 Å². The molecule has 0 bridgehead atoms. The van der Waals surface area contributed by atoms with Gasteiger partial charge in [-0.15, -0.1) is 11.8 Å². The van der Waals surface area contributed by atoms with E-state index < -0.39 is 0 Å². The predicted octanol–water partition coefficient (Wildman–Crippen LogP) is 6.16. The molecule has 5 heteroatoms. The monoisotopic (exact) mass is 381 g/mol. The Bertz CT molecular complexity index is 708. The molecule has 2 aromatic rings. The lowest BCUT2D eigenvalue weighted by Gasteiger charge is -2.19. The van der Waals surface area contributed by atoms with Crippen molar-refractivity contribution < 1.29 is 4.79 Å². The molecular weight excluding hydrogens is 361 g/mol. The van der Waals surface area contributed by atoms with Crippen LogP contribution in [0.2, 0.25) is 10.0 Å². The van der Waals surface area contributed by atoms with E-state index in [0.29, 0.717) is 21.5 Å². The molecule has 0 aromatic heterocycles. The van der Waals surface area contributed by atoms with Crippen molar-refractivity contribution in [2.45, 2.75) is 31.9 Å². The Hall–Kier alpha value is -1.16. The summed E-state index contributed by atoms with van der Waals surface area (Å²) in [6, 6.07) is 13.6. The van der Waals surface area contributed by atoms with Gasteiger partial charge >= 0.3 is 0 Å². The summed E-state index contributed by atoms with van der Waals surface area (Å²) in [6.45, 7) is 6.59. The number of carbonyl (C=O) groups excluding carboxylic acids is 1. The first kappa shape index (κ1) is 19.2. The van der Waals surface area contributed by atoms with E-state index in [0.717, 1.165) is 5.75 Å². The fourth-order valence-electron chi connectivity index (χ4n) is 2.14. The van der Waals surface area contributed by atoms with E-state index in [-0.39, 0.29) is 11.3 Å². The molecule has 24 heavy (non-hydrogen) atoms. The number of hydrogen-bond acceptors (Lipinski definition) is 2. The maximum Gasteiger partial charge on any atom is 0.234 e. The van der Waals surface area contributed by atoms with Crippen LogP contribution in [-0.4, -0.2) is 11.7 Å². The molecular formula is C19H21Cl2NOS. The van der Waals surface area contributed by atoms with Crippen molar-refractivity contribution in [2.75, 3.05) is 11.1 Å². The van der Waals surface area contributed by atoms with Gasteiger partial charge in [0.1, 0.15) is 0 Å². The van der Waals surface area contributed by atoms with Crippen molar-refractivity contribution in [1.82, 2.24) is 0 Å². The summed E-state index contributed by atoms with van der Waals surface area (Å²) >= 11 is 13.5. The standard InChI is InChI=1S/C19H21Cl2NOS/c1-19(2,3)14-6-4-13(5-7-14)11-24-12-18(23)22-17-9-8-15(20)10-16(17)21/h4-10H,11-12H2,1-3H3,(H,22,23). The van der Waals surface area contributed by atoms with Crippen LogP contribution in [-0.2, 0) is 16.0 Å². The Morgan fingerprint density at radius 2 is 1.75 bits per heavy atom. The van der Waals surface area contributed by atoms with Crippen LogP contribution in [0.4, 0.5) is 5.69 Å². The predicted molar refractivity (Wildman–Crippen MR) is 106 cm³/mol. The lowest BCUT2D eigenvalue weighted by Crippen LogP contribution is -2.14. The van der Waals surface area contributed by atoms with Crippen LogP contribution >= 0.6 is 35.0 Å². The zero-order chi connectivity index (χ0) is 17.7.